The van der Waals surface area contributed by atoms with Crippen LogP contribution >= 0.6 is 0 Å². The summed E-state index contributed by atoms with van der Waals surface area (Å²) in [6, 6.07) is 7.92. The molecule has 0 atom stereocenters. The second kappa shape index (κ2) is 7.19. The molecule has 0 aliphatic heterocycles. The Hall–Kier alpha value is -1.32. The number of benzene rings is 1. The van der Waals surface area contributed by atoms with E-state index < -0.39 is 0 Å². The van der Waals surface area contributed by atoms with Gasteiger partial charge in [0.15, 0.2) is 0 Å². The molecule has 3 N–H and O–H groups in total. The summed E-state index contributed by atoms with van der Waals surface area (Å²) in [4.78, 5) is 15.2. The van der Waals surface area contributed by atoms with Crippen molar-refractivity contribution in [1.29, 1.82) is 0 Å². The third-order valence-electron chi connectivity index (χ3n) is 2.98. The Morgan fingerprint density at radius 2 is 2.11 bits per heavy atom. The third-order valence-corrected chi connectivity index (χ3v) is 2.98. The second-order valence-electron chi connectivity index (χ2n) is 4.31. The van der Waals surface area contributed by atoms with Crippen LogP contribution in [0, 0.1) is 0 Å². The number of aromatic amines is 1. The van der Waals surface area contributed by atoms with Crippen molar-refractivity contribution >= 4 is 16.7 Å². The summed E-state index contributed by atoms with van der Waals surface area (Å²) in [6.45, 7) is 3.74. The van der Waals surface area contributed by atoms with E-state index in [2.05, 4.69) is 17.2 Å². The number of para-hydroxylation sites is 1. The summed E-state index contributed by atoms with van der Waals surface area (Å²) < 4.78 is 0. The van der Waals surface area contributed by atoms with E-state index in [0.717, 1.165) is 23.0 Å². The Balaban J connectivity index is 0.00000162. The maximum atomic E-state index is 12.0. The SMILES string of the molecule is CCCC[NH2+]CC(=O)c1c[nH]c2ccccc12.[Cl-]. The molecular formula is C14H19ClN2O. The molecule has 0 radical (unpaired) electrons. The number of hydrogen-bond acceptors (Lipinski definition) is 1. The molecule has 18 heavy (non-hydrogen) atoms. The van der Waals surface area contributed by atoms with Crippen molar-refractivity contribution in [1.82, 2.24) is 4.98 Å². The Kier molecular flexibility index (Phi) is 5.89. The molecule has 2 rings (SSSR count). The zero-order chi connectivity index (χ0) is 12.1. The number of carbonyl (C=O) groups excluding carboxylic acids is 1. The first kappa shape index (κ1) is 14.7. The summed E-state index contributed by atoms with van der Waals surface area (Å²) in [5, 5.41) is 3.12. The number of halogens is 1. The number of nitrogens with one attached hydrogen (secondary N) is 1. The van der Waals surface area contributed by atoms with Gasteiger partial charge in [0, 0.05) is 22.7 Å². The standard InChI is InChI=1S/C14H18N2O.ClH/c1-2-3-8-15-10-14(17)12-9-16-13-7-5-4-6-11(12)13;/h4-7,9,15-16H,2-3,8,10H2,1H3;1H. The van der Waals surface area contributed by atoms with Crippen molar-refractivity contribution in [3.05, 3.63) is 36.0 Å². The number of aromatic nitrogens is 1. The van der Waals surface area contributed by atoms with Gasteiger partial charge in [-0.1, -0.05) is 31.5 Å². The largest absolute Gasteiger partial charge is 1.00 e. The van der Waals surface area contributed by atoms with Crippen LogP contribution in [-0.2, 0) is 0 Å². The number of H-pyrrole nitrogens is 1. The van der Waals surface area contributed by atoms with Gasteiger partial charge in [-0.15, -0.1) is 0 Å². The molecule has 0 saturated carbocycles. The highest BCUT2D eigenvalue weighted by molar-refractivity contribution is 6.08. The van der Waals surface area contributed by atoms with E-state index in [0.29, 0.717) is 6.54 Å². The fourth-order valence-electron chi connectivity index (χ4n) is 1.99. The zero-order valence-electron chi connectivity index (χ0n) is 10.6. The Labute approximate surface area is 113 Å². The number of quaternary nitrogens is 1. The predicted molar refractivity (Wildman–Crippen MR) is 69.2 cm³/mol. The zero-order valence-corrected chi connectivity index (χ0v) is 11.3. The maximum Gasteiger partial charge on any atom is 0.218 e. The van der Waals surface area contributed by atoms with Crippen LogP contribution in [0.5, 0.6) is 0 Å². The number of ketones is 1. The molecule has 1 aromatic carbocycles. The predicted octanol–water partition coefficient (Wildman–Crippen LogP) is -1.28. The minimum atomic E-state index is 0. The Morgan fingerprint density at radius 1 is 1.33 bits per heavy atom. The van der Waals surface area contributed by atoms with Gasteiger partial charge in [0.05, 0.1) is 6.54 Å². The molecule has 4 heteroatoms. The van der Waals surface area contributed by atoms with Crippen molar-refractivity contribution in [2.45, 2.75) is 19.8 Å². The number of fused-ring (bicyclic) bond motifs is 1. The summed E-state index contributed by atoms with van der Waals surface area (Å²) >= 11 is 0. The lowest BCUT2D eigenvalue weighted by Crippen LogP contribution is -3.00. The highest BCUT2D eigenvalue weighted by Crippen LogP contribution is 2.17. The molecule has 0 unspecified atom stereocenters. The minimum Gasteiger partial charge on any atom is -1.00 e. The Bertz CT molecular complexity index is 507. The van der Waals surface area contributed by atoms with Crippen LogP contribution in [0.4, 0.5) is 0 Å². The van der Waals surface area contributed by atoms with Crippen molar-refractivity contribution in [3.63, 3.8) is 0 Å². The first-order chi connectivity index (χ1) is 8.33. The number of nitrogens with two attached hydrogens (primary N) is 1. The molecule has 3 nitrogen and oxygen atoms in total. The van der Waals surface area contributed by atoms with E-state index in [1.54, 1.807) is 0 Å². The number of unbranched alkanes of at least 4 members (excludes halogenated alkanes) is 1. The number of carbonyl (C=O) groups is 1. The van der Waals surface area contributed by atoms with Crippen LogP contribution in [0.15, 0.2) is 30.5 Å². The fraction of sp³-hybridized carbons (Fsp3) is 0.357. The molecule has 1 aromatic heterocycles. The van der Waals surface area contributed by atoms with Crippen LogP contribution in [0.25, 0.3) is 10.9 Å². The number of rotatable bonds is 6. The van der Waals surface area contributed by atoms with Crippen molar-refractivity contribution in [2.24, 2.45) is 0 Å². The average Bonchev–Trinajstić information content (AvgIpc) is 2.78. The lowest BCUT2D eigenvalue weighted by atomic mass is 10.1. The summed E-state index contributed by atoms with van der Waals surface area (Å²) in [6.07, 6.45) is 4.17. The molecule has 98 valence electrons. The van der Waals surface area contributed by atoms with Crippen molar-refractivity contribution in [2.75, 3.05) is 13.1 Å². The number of Topliss-reactive ketones (excluding diaryl/α,β-unsaturated/α-hetero) is 1. The first-order valence-corrected chi connectivity index (χ1v) is 6.24. The van der Waals surface area contributed by atoms with E-state index in [1.165, 1.54) is 12.8 Å². The molecule has 1 heterocycles. The quantitative estimate of drug-likeness (QED) is 0.497. The third kappa shape index (κ3) is 3.34. The molecule has 0 fully saturated rings. The molecule has 0 amide bonds. The van der Waals surface area contributed by atoms with Crippen LogP contribution in [0.2, 0.25) is 0 Å². The highest BCUT2D eigenvalue weighted by Gasteiger charge is 2.12. The van der Waals surface area contributed by atoms with E-state index in [4.69, 9.17) is 0 Å². The van der Waals surface area contributed by atoms with Crippen LogP contribution in [0.1, 0.15) is 30.1 Å². The van der Waals surface area contributed by atoms with E-state index in [1.807, 2.05) is 30.5 Å². The van der Waals surface area contributed by atoms with E-state index in [-0.39, 0.29) is 18.2 Å². The van der Waals surface area contributed by atoms with Crippen LogP contribution in [0.3, 0.4) is 0 Å². The smallest absolute Gasteiger partial charge is 0.218 e. The summed E-state index contributed by atoms with van der Waals surface area (Å²) in [7, 11) is 0. The normalized spacial score (nSPS) is 10.3. The van der Waals surface area contributed by atoms with Gasteiger partial charge in [-0.2, -0.15) is 0 Å². The fourth-order valence-corrected chi connectivity index (χ4v) is 1.99. The monoisotopic (exact) mass is 266 g/mol. The molecule has 0 aliphatic rings. The van der Waals surface area contributed by atoms with E-state index >= 15 is 0 Å². The highest BCUT2D eigenvalue weighted by atomic mass is 35.5. The average molecular weight is 267 g/mol. The molecule has 0 aliphatic carbocycles. The Morgan fingerprint density at radius 3 is 2.89 bits per heavy atom. The number of hydrogen-bond donors (Lipinski definition) is 2. The van der Waals surface area contributed by atoms with Gasteiger partial charge in [0.2, 0.25) is 5.78 Å². The maximum absolute atomic E-state index is 12.0. The minimum absolute atomic E-state index is 0. The molecular weight excluding hydrogens is 248 g/mol. The molecule has 0 spiro atoms. The first-order valence-electron chi connectivity index (χ1n) is 6.24. The van der Waals surface area contributed by atoms with Gasteiger partial charge in [0.1, 0.15) is 6.54 Å². The van der Waals surface area contributed by atoms with E-state index in [9.17, 15) is 4.79 Å². The van der Waals surface area contributed by atoms with Crippen LogP contribution < -0.4 is 17.7 Å². The molecule has 2 aromatic rings. The summed E-state index contributed by atoms with van der Waals surface area (Å²) in [5.74, 6) is 0.207. The van der Waals surface area contributed by atoms with Crippen molar-refractivity contribution < 1.29 is 22.5 Å². The topological polar surface area (TPSA) is 49.5 Å². The van der Waals surface area contributed by atoms with Crippen LogP contribution in [-0.4, -0.2) is 23.9 Å². The van der Waals surface area contributed by atoms with Crippen molar-refractivity contribution in [3.8, 4) is 0 Å². The lowest BCUT2D eigenvalue weighted by molar-refractivity contribution is -0.643. The molecule has 0 saturated heterocycles. The van der Waals surface area contributed by atoms with Gasteiger partial charge < -0.3 is 22.7 Å². The summed E-state index contributed by atoms with van der Waals surface area (Å²) in [5.41, 5.74) is 1.85. The van der Waals surface area contributed by atoms with Gasteiger partial charge in [-0.05, 0) is 12.5 Å². The van der Waals surface area contributed by atoms with Gasteiger partial charge in [-0.25, -0.2) is 0 Å². The van der Waals surface area contributed by atoms with Gasteiger partial charge >= 0.3 is 0 Å². The second-order valence-corrected chi connectivity index (χ2v) is 4.31. The van der Waals surface area contributed by atoms with Gasteiger partial charge in [-0.3, -0.25) is 4.79 Å². The molecule has 0 bridgehead atoms. The lowest BCUT2D eigenvalue weighted by Gasteiger charge is -1.99. The van der Waals surface area contributed by atoms with Gasteiger partial charge in [0.25, 0.3) is 0 Å².